The van der Waals surface area contributed by atoms with Gasteiger partial charge in [0.1, 0.15) is 11.6 Å². The minimum Gasteiger partial charge on any atom is -0.370 e. The number of aryl methyl sites for hydroxylation is 1. The molecule has 1 N–H and O–H groups in total. The fourth-order valence-corrected chi connectivity index (χ4v) is 3.83. The van der Waals surface area contributed by atoms with Crippen LogP contribution in [-0.2, 0) is 13.1 Å². The summed E-state index contributed by atoms with van der Waals surface area (Å²) < 4.78 is 19.7. The predicted octanol–water partition coefficient (Wildman–Crippen LogP) is 3.48. The molecule has 0 saturated carbocycles. The molecule has 7 nitrogen and oxygen atoms in total. The highest BCUT2D eigenvalue weighted by Gasteiger charge is 2.20. The van der Waals surface area contributed by atoms with E-state index in [1.807, 2.05) is 43.9 Å². The van der Waals surface area contributed by atoms with Crippen LogP contribution < -0.4 is 10.2 Å². The number of benzene rings is 1. The summed E-state index contributed by atoms with van der Waals surface area (Å²) in [6.45, 7) is 12.5. The van der Waals surface area contributed by atoms with Crippen molar-refractivity contribution in [3.05, 3.63) is 47.1 Å². The van der Waals surface area contributed by atoms with Gasteiger partial charge in [0.25, 0.3) is 0 Å². The summed E-state index contributed by atoms with van der Waals surface area (Å²) in [6.07, 6.45) is 0. The maximum atomic E-state index is 14.5. The highest BCUT2D eigenvalue weighted by Crippen LogP contribution is 2.20. The van der Waals surface area contributed by atoms with Crippen LogP contribution in [-0.4, -0.2) is 67.2 Å². The van der Waals surface area contributed by atoms with Crippen molar-refractivity contribution in [2.24, 2.45) is 4.99 Å². The van der Waals surface area contributed by atoms with Crippen molar-refractivity contribution in [1.82, 2.24) is 20.3 Å². The molecule has 0 bridgehead atoms. The molecular formula is C22H34FIN6O. The summed E-state index contributed by atoms with van der Waals surface area (Å²) in [5.74, 6) is 1.51. The number of aliphatic imine (C=N–C) groups is 1. The molecule has 1 aromatic carbocycles. The Morgan fingerprint density at radius 2 is 1.90 bits per heavy atom. The molecule has 0 aliphatic carbocycles. The minimum atomic E-state index is -0.176. The molecule has 9 heteroatoms. The SMILES string of the molecule is CCN(CC)c1ccc(CNC(=NC)N2CCN(Cc3cc(C)on3)CC2)cc1F.I. The molecule has 172 valence electrons. The standard InChI is InChI=1S/C22H33FN6O.HI/c1-5-28(6-2)21-8-7-18(14-20(21)23)15-25-22(24-4)29-11-9-27(10-12-29)16-19-13-17(3)30-26-19;/h7-8,13-14H,5-6,9-12,15-16H2,1-4H3,(H,24,25);1H. The number of hydrogen-bond acceptors (Lipinski definition) is 5. The lowest BCUT2D eigenvalue weighted by Crippen LogP contribution is -2.52. The quantitative estimate of drug-likeness (QED) is 0.328. The number of piperazine rings is 1. The van der Waals surface area contributed by atoms with E-state index in [4.69, 9.17) is 4.52 Å². The fourth-order valence-electron chi connectivity index (χ4n) is 3.83. The van der Waals surface area contributed by atoms with E-state index in [0.29, 0.717) is 12.2 Å². The maximum absolute atomic E-state index is 14.5. The van der Waals surface area contributed by atoms with E-state index in [2.05, 4.69) is 25.3 Å². The first-order valence-corrected chi connectivity index (χ1v) is 10.7. The molecule has 2 heterocycles. The topological polar surface area (TPSA) is 60.1 Å². The van der Waals surface area contributed by atoms with Crippen LogP contribution in [0.2, 0.25) is 0 Å². The molecule has 0 amide bonds. The third kappa shape index (κ3) is 6.80. The number of nitrogens with zero attached hydrogens (tertiary/aromatic N) is 5. The molecule has 0 atom stereocenters. The van der Waals surface area contributed by atoms with E-state index in [0.717, 1.165) is 68.8 Å². The van der Waals surface area contributed by atoms with E-state index < -0.39 is 0 Å². The van der Waals surface area contributed by atoms with Crippen molar-refractivity contribution in [1.29, 1.82) is 0 Å². The Hall–Kier alpha value is -1.88. The Balaban J connectivity index is 0.00000341. The van der Waals surface area contributed by atoms with Gasteiger partial charge in [-0.1, -0.05) is 11.2 Å². The highest BCUT2D eigenvalue weighted by molar-refractivity contribution is 14.0. The molecule has 1 fully saturated rings. The van der Waals surface area contributed by atoms with Crippen LogP contribution in [0.4, 0.5) is 10.1 Å². The third-order valence-corrected chi connectivity index (χ3v) is 5.51. The van der Waals surface area contributed by atoms with Crippen LogP contribution in [0.1, 0.15) is 30.9 Å². The molecule has 1 aliphatic rings. The minimum absolute atomic E-state index is 0. The van der Waals surface area contributed by atoms with Crippen molar-refractivity contribution in [3.63, 3.8) is 0 Å². The summed E-state index contributed by atoms with van der Waals surface area (Å²) in [5, 5.41) is 7.46. The average molecular weight is 544 g/mol. The van der Waals surface area contributed by atoms with E-state index in [1.54, 1.807) is 13.1 Å². The van der Waals surface area contributed by atoms with Gasteiger partial charge in [0.2, 0.25) is 0 Å². The highest BCUT2D eigenvalue weighted by atomic mass is 127. The van der Waals surface area contributed by atoms with Gasteiger partial charge in [-0.15, -0.1) is 24.0 Å². The van der Waals surface area contributed by atoms with Crippen LogP contribution in [0.3, 0.4) is 0 Å². The second kappa shape index (κ2) is 12.2. The van der Waals surface area contributed by atoms with Crippen molar-refractivity contribution in [2.75, 3.05) is 51.2 Å². The summed E-state index contributed by atoms with van der Waals surface area (Å²) in [5.41, 5.74) is 2.54. The van der Waals surface area contributed by atoms with E-state index in [1.165, 1.54) is 0 Å². The lowest BCUT2D eigenvalue weighted by atomic mass is 10.1. The first-order chi connectivity index (χ1) is 14.5. The predicted molar refractivity (Wildman–Crippen MR) is 134 cm³/mol. The zero-order valence-corrected chi connectivity index (χ0v) is 21.2. The van der Waals surface area contributed by atoms with Crippen LogP contribution in [0.5, 0.6) is 0 Å². The van der Waals surface area contributed by atoms with Gasteiger partial charge in [0, 0.05) is 65.5 Å². The van der Waals surface area contributed by atoms with Gasteiger partial charge >= 0.3 is 0 Å². The second-order valence-electron chi connectivity index (χ2n) is 7.55. The first kappa shape index (κ1) is 25.4. The Bertz CT molecular complexity index is 846. The van der Waals surface area contributed by atoms with Crippen molar-refractivity contribution < 1.29 is 8.91 Å². The summed E-state index contributed by atoms with van der Waals surface area (Å²) in [4.78, 5) is 11.0. The number of hydrogen-bond donors (Lipinski definition) is 1. The molecule has 1 aromatic heterocycles. The summed E-state index contributed by atoms with van der Waals surface area (Å²) in [6, 6.07) is 7.45. The molecule has 1 saturated heterocycles. The van der Waals surface area contributed by atoms with Crippen molar-refractivity contribution in [2.45, 2.75) is 33.9 Å². The third-order valence-electron chi connectivity index (χ3n) is 5.51. The molecule has 2 aromatic rings. The van der Waals surface area contributed by atoms with E-state index >= 15 is 0 Å². The fraction of sp³-hybridized carbons (Fsp3) is 0.545. The van der Waals surface area contributed by atoms with Crippen LogP contribution in [0.15, 0.2) is 33.8 Å². The zero-order chi connectivity index (χ0) is 21.5. The molecule has 0 spiro atoms. The van der Waals surface area contributed by atoms with Crippen LogP contribution in [0.25, 0.3) is 0 Å². The average Bonchev–Trinajstić information content (AvgIpc) is 3.16. The smallest absolute Gasteiger partial charge is 0.194 e. The second-order valence-corrected chi connectivity index (χ2v) is 7.55. The number of aromatic nitrogens is 1. The number of guanidine groups is 1. The van der Waals surface area contributed by atoms with Crippen molar-refractivity contribution >= 4 is 35.6 Å². The van der Waals surface area contributed by atoms with Gasteiger partial charge in [-0.2, -0.15) is 0 Å². The Labute approximate surface area is 201 Å². The Kier molecular flexibility index (Phi) is 10.0. The van der Waals surface area contributed by atoms with Crippen molar-refractivity contribution in [3.8, 4) is 0 Å². The summed E-state index contributed by atoms with van der Waals surface area (Å²) >= 11 is 0. The first-order valence-electron chi connectivity index (χ1n) is 10.7. The molecule has 1 aliphatic heterocycles. The molecule has 0 radical (unpaired) electrons. The van der Waals surface area contributed by atoms with Gasteiger partial charge in [-0.25, -0.2) is 4.39 Å². The lowest BCUT2D eigenvalue weighted by molar-refractivity contribution is 0.169. The number of halogens is 2. The van der Waals surface area contributed by atoms with Gasteiger partial charge in [0.05, 0.1) is 11.4 Å². The van der Waals surface area contributed by atoms with Gasteiger partial charge < -0.3 is 19.6 Å². The Morgan fingerprint density at radius 1 is 1.19 bits per heavy atom. The number of anilines is 1. The molecule has 0 unspecified atom stereocenters. The van der Waals surface area contributed by atoms with Crippen LogP contribution in [0, 0.1) is 12.7 Å². The monoisotopic (exact) mass is 544 g/mol. The lowest BCUT2D eigenvalue weighted by Gasteiger charge is -2.36. The normalized spacial score (nSPS) is 15.0. The van der Waals surface area contributed by atoms with Crippen LogP contribution >= 0.6 is 24.0 Å². The van der Waals surface area contributed by atoms with E-state index in [9.17, 15) is 4.39 Å². The van der Waals surface area contributed by atoms with Gasteiger partial charge in [0.15, 0.2) is 5.96 Å². The van der Waals surface area contributed by atoms with Gasteiger partial charge in [-0.05, 0) is 38.5 Å². The molecule has 31 heavy (non-hydrogen) atoms. The molecule has 3 rings (SSSR count). The molecular weight excluding hydrogens is 510 g/mol. The largest absolute Gasteiger partial charge is 0.370 e. The zero-order valence-electron chi connectivity index (χ0n) is 18.9. The number of nitrogens with one attached hydrogen (secondary N) is 1. The van der Waals surface area contributed by atoms with Gasteiger partial charge in [-0.3, -0.25) is 9.89 Å². The number of rotatable bonds is 7. The summed E-state index contributed by atoms with van der Waals surface area (Å²) in [7, 11) is 1.79. The Morgan fingerprint density at radius 3 is 2.45 bits per heavy atom. The maximum Gasteiger partial charge on any atom is 0.194 e. The van der Waals surface area contributed by atoms with E-state index in [-0.39, 0.29) is 29.8 Å².